The number of ether oxygens (including phenoxy) is 1. The minimum Gasteiger partial charge on any atom is -0.395 e. The summed E-state index contributed by atoms with van der Waals surface area (Å²) in [6.07, 6.45) is 3.16. The molecular weight excluding hydrogens is 226 g/mol. The Morgan fingerprint density at radius 3 is 2.61 bits per heavy atom. The van der Waals surface area contributed by atoms with E-state index < -0.39 is 0 Å². The van der Waals surface area contributed by atoms with Crippen molar-refractivity contribution >= 4 is 0 Å². The Morgan fingerprint density at radius 1 is 1.22 bits per heavy atom. The Balaban J connectivity index is 1.75. The van der Waals surface area contributed by atoms with Gasteiger partial charge in [0.15, 0.2) is 0 Å². The van der Waals surface area contributed by atoms with Crippen molar-refractivity contribution in [1.82, 2.24) is 5.32 Å². The Labute approximate surface area is 109 Å². The number of aliphatic hydroxyl groups excluding tert-OH is 1. The number of hydrogen-bond donors (Lipinski definition) is 2. The van der Waals surface area contributed by atoms with Crippen LogP contribution in [0.2, 0.25) is 0 Å². The van der Waals surface area contributed by atoms with E-state index in [9.17, 15) is 5.11 Å². The molecule has 1 aliphatic heterocycles. The van der Waals surface area contributed by atoms with Gasteiger partial charge in [-0.2, -0.15) is 0 Å². The minimum atomic E-state index is 0.162. The van der Waals surface area contributed by atoms with Gasteiger partial charge in [0.1, 0.15) is 0 Å². The van der Waals surface area contributed by atoms with Gasteiger partial charge in [0.2, 0.25) is 0 Å². The molecule has 0 spiro atoms. The molecule has 3 nitrogen and oxygen atoms in total. The molecule has 18 heavy (non-hydrogen) atoms. The van der Waals surface area contributed by atoms with Crippen molar-refractivity contribution in [3.05, 3.63) is 35.9 Å². The minimum absolute atomic E-state index is 0.162. The van der Waals surface area contributed by atoms with E-state index in [4.69, 9.17) is 4.74 Å². The van der Waals surface area contributed by atoms with Crippen LogP contribution in [0, 0.1) is 5.92 Å². The van der Waals surface area contributed by atoms with Crippen LogP contribution in [0.5, 0.6) is 0 Å². The topological polar surface area (TPSA) is 41.5 Å². The summed E-state index contributed by atoms with van der Waals surface area (Å²) < 4.78 is 5.35. The number of aliphatic hydroxyl groups is 1. The van der Waals surface area contributed by atoms with Crippen LogP contribution in [-0.2, 0) is 11.2 Å². The van der Waals surface area contributed by atoms with E-state index in [-0.39, 0.29) is 12.6 Å². The maximum absolute atomic E-state index is 9.43. The molecule has 1 aliphatic rings. The molecule has 0 saturated carbocycles. The summed E-state index contributed by atoms with van der Waals surface area (Å²) in [5.74, 6) is 0.698. The summed E-state index contributed by atoms with van der Waals surface area (Å²) in [6, 6.07) is 10.5. The standard InChI is InChI=1S/C15H23NO2/c17-12-15(10-13-4-2-1-3-5-13)16-11-14-6-8-18-9-7-14/h1-5,14-17H,6-12H2. The monoisotopic (exact) mass is 249 g/mol. The predicted molar refractivity (Wildman–Crippen MR) is 72.6 cm³/mol. The number of nitrogens with one attached hydrogen (secondary N) is 1. The predicted octanol–water partition coefficient (Wildman–Crippen LogP) is 1.61. The first-order chi connectivity index (χ1) is 8.88. The number of benzene rings is 1. The fourth-order valence-corrected chi connectivity index (χ4v) is 2.38. The second kappa shape index (κ2) is 7.52. The smallest absolute Gasteiger partial charge is 0.0587 e. The van der Waals surface area contributed by atoms with Gasteiger partial charge in [-0.25, -0.2) is 0 Å². The average Bonchev–Trinajstić information content (AvgIpc) is 2.45. The summed E-state index contributed by atoms with van der Waals surface area (Å²) >= 11 is 0. The van der Waals surface area contributed by atoms with E-state index in [0.717, 1.165) is 39.0 Å². The maximum atomic E-state index is 9.43. The highest BCUT2D eigenvalue weighted by atomic mass is 16.5. The van der Waals surface area contributed by atoms with Gasteiger partial charge in [0, 0.05) is 19.3 Å². The van der Waals surface area contributed by atoms with E-state index in [2.05, 4.69) is 17.4 Å². The number of rotatable bonds is 6. The molecule has 1 fully saturated rings. The summed E-state index contributed by atoms with van der Waals surface area (Å²) in [5.41, 5.74) is 1.27. The van der Waals surface area contributed by atoms with E-state index in [1.807, 2.05) is 18.2 Å². The lowest BCUT2D eigenvalue weighted by Gasteiger charge is -2.25. The van der Waals surface area contributed by atoms with E-state index >= 15 is 0 Å². The molecule has 2 rings (SSSR count). The quantitative estimate of drug-likeness (QED) is 0.805. The van der Waals surface area contributed by atoms with Crippen molar-refractivity contribution in [2.24, 2.45) is 5.92 Å². The van der Waals surface area contributed by atoms with Gasteiger partial charge >= 0.3 is 0 Å². The molecule has 0 amide bonds. The Hall–Kier alpha value is -0.900. The van der Waals surface area contributed by atoms with Crippen molar-refractivity contribution in [3.63, 3.8) is 0 Å². The van der Waals surface area contributed by atoms with Crippen molar-refractivity contribution in [2.45, 2.75) is 25.3 Å². The third kappa shape index (κ3) is 4.41. The van der Waals surface area contributed by atoms with Crippen LogP contribution < -0.4 is 5.32 Å². The second-order valence-corrected chi connectivity index (χ2v) is 5.03. The molecule has 0 bridgehead atoms. The molecule has 1 heterocycles. The van der Waals surface area contributed by atoms with Gasteiger partial charge in [-0.1, -0.05) is 30.3 Å². The lowest BCUT2D eigenvalue weighted by molar-refractivity contribution is 0.0646. The zero-order chi connectivity index (χ0) is 12.6. The van der Waals surface area contributed by atoms with Crippen LogP contribution in [0.3, 0.4) is 0 Å². The van der Waals surface area contributed by atoms with E-state index in [1.54, 1.807) is 0 Å². The summed E-state index contributed by atoms with van der Waals surface area (Å²) in [4.78, 5) is 0. The molecule has 1 unspecified atom stereocenters. The lowest BCUT2D eigenvalue weighted by atomic mass is 9.99. The largest absolute Gasteiger partial charge is 0.395 e. The first-order valence-electron chi connectivity index (χ1n) is 6.84. The van der Waals surface area contributed by atoms with Crippen LogP contribution in [-0.4, -0.2) is 37.5 Å². The fourth-order valence-electron chi connectivity index (χ4n) is 2.38. The maximum Gasteiger partial charge on any atom is 0.0587 e. The Morgan fingerprint density at radius 2 is 1.94 bits per heavy atom. The van der Waals surface area contributed by atoms with Crippen molar-refractivity contribution in [3.8, 4) is 0 Å². The molecule has 0 aliphatic carbocycles. The van der Waals surface area contributed by atoms with Crippen LogP contribution in [0.25, 0.3) is 0 Å². The zero-order valence-corrected chi connectivity index (χ0v) is 10.8. The normalized spacial score (nSPS) is 18.7. The Bertz CT molecular complexity index is 323. The molecule has 1 aromatic rings. The van der Waals surface area contributed by atoms with Gasteiger partial charge in [-0.05, 0) is 37.3 Å². The van der Waals surface area contributed by atoms with Crippen LogP contribution in [0.4, 0.5) is 0 Å². The van der Waals surface area contributed by atoms with Gasteiger partial charge < -0.3 is 15.2 Å². The summed E-state index contributed by atoms with van der Waals surface area (Å²) in [6.45, 7) is 2.95. The van der Waals surface area contributed by atoms with Crippen LogP contribution in [0.1, 0.15) is 18.4 Å². The number of hydrogen-bond acceptors (Lipinski definition) is 3. The third-order valence-electron chi connectivity index (χ3n) is 3.58. The molecule has 0 radical (unpaired) electrons. The van der Waals surface area contributed by atoms with Crippen LogP contribution in [0.15, 0.2) is 30.3 Å². The average molecular weight is 249 g/mol. The molecular formula is C15H23NO2. The van der Waals surface area contributed by atoms with Gasteiger partial charge in [0.25, 0.3) is 0 Å². The van der Waals surface area contributed by atoms with Gasteiger partial charge in [-0.15, -0.1) is 0 Å². The highest BCUT2D eigenvalue weighted by Gasteiger charge is 2.15. The fraction of sp³-hybridized carbons (Fsp3) is 0.600. The summed E-state index contributed by atoms with van der Waals surface area (Å²) in [7, 11) is 0. The molecule has 1 aromatic carbocycles. The van der Waals surface area contributed by atoms with Crippen molar-refractivity contribution in [1.29, 1.82) is 0 Å². The van der Waals surface area contributed by atoms with Gasteiger partial charge in [-0.3, -0.25) is 0 Å². The molecule has 0 aromatic heterocycles. The van der Waals surface area contributed by atoms with Crippen LogP contribution >= 0.6 is 0 Å². The lowest BCUT2D eigenvalue weighted by Crippen LogP contribution is -2.39. The highest BCUT2D eigenvalue weighted by Crippen LogP contribution is 2.13. The molecule has 1 saturated heterocycles. The third-order valence-corrected chi connectivity index (χ3v) is 3.58. The first-order valence-corrected chi connectivity index (χ1v) is 6.84. The second-order valence-electron chi connectivity index (χ2n) is 5.03. The molecule has 1 atom stereocenters. The molecule has 2 N–H and O–H groups in total. The van der Waals surface area contributed by atoms with Crippen molar-refractivity contribution in [2.75, 3.05) is 26.4 Å². The summed E-state index contributed by atoms with van der Waals surface area (Å²) in [5, 5.41) is 12.9. The van der Waals surface area contributed by atoms with Gasteiger partial charge in [0.05, 0.1) is 6.61 Å². The zero-order valence-electron chi connectivity index (χ0n) is 10.8. The Kier molecular flexibility index (Phi) is 5.65. The highest BCUT2D eigenvalue weighted by molar-refractivity contribution is 5.15. The SMILES string of the molecule is OCC(Cc1ccccc1)NCC1CCOCC1. The van der Waals surface area contributed by atoms with E-state index in [1.165, 1.54) is 5.56 Å². The van der Waals surface area contributed by atoms with Crippen molar-refractivity contribution < 1.29 is 9.84 Å². The molecule has 3 heteroatoms. The molecule has 100 valence electrons. The van der Waals surface area contributed by atoms with E-state index in [0.29, 0.717) is 5.92 Å². The first kappa shape index (κ1) is 13.5.